The van der Waals surface area contributed by atoms with Crippen LogP contribution in [0.4, 0.5) is 0 Å². The lowest BCUT2D eigenvalue weighted by molar-refractivity contribution is -0.151. The van der Waals surface area contributed by atoms with Gasteiger partial charge in [0.2, 0.25) is 0 Å². The summed E-state index contributed by atoms with van der Waals surface area (Å²) in [5.74, 6) is -0.221. The van der Waals surface area contributed by atoms with Gasteiger partial charge in [0.1, 0.15) is 6.10 Å². The van der Waals surface area contributed by atoms with Crippen molar-refractivity contribution in [3.05, 3.63) is 71.8 Å². The van der Waals surface area contributed by atoms with Crippen LogP contribution in [0.3, 0.4) is 0 Å². The van der Waals surface area contributed by atoms with Crippen molar-refractivity contribution in [2.75, 3.05) is 26.4 Å². The number of aliphatic hydroxyl groups is 2. The van der Waals surface area contributed by atoms with Crippen molar-refractivity contribution < 1.29 is 38.7 Å². The maximum absolute atomic E-state index is 11.5. The summed E-state index contributed by atoms with van der Waals surface area (Å²) in [5, 5.41) is 17.2. The summed E-state index contributed by atoms with van der Waals surface area (Å²) in [5.41, 5.74) is 2.07. The van der Waals surface area contributed by atoms with E-state index in [0.717, 1.165) is 56.3 Å². The zero-order valence-corrected chi connectivity index (χ0v) is 24.2. The van der Waals surface area contributed by atoms with Crippen LogP contribution in [0.5, 0.6) is 0 Å². The van der Waals surface area contributed by atoms with E-state index in [0.29, 0.717) is 38.8 Å². The van der Waals surface area contributed by atoms with Gasteiger partial charge in [-0.3, -0.25) is 9.59 Å². The average molecular weight is 561 g/mol. The number of carbonyl (C=O) groups excluding carboxylic acids is 2. The minimum absolute atomic E-state index is 0.0255. The monoisotopic (exact) mass is 560 g/mol. The number of hydrogen-bond donors (Lipinski definition) is 2. The molecular formula is C32H48O8. The predicted octanol–water partition coefficient (Wildman–Crippen LogP) is 5.38. The Morgan fingerprint density at radius 3 is 2.12 bits per heavy atom. The molecule has 8 nitrogen and oxygen atoms in total. The molecule has 2 aromatic carbocycles. The molecule has 2 aromatic rings. The summed E-state index contributed by atoms with van der Waals surface area (Å²) in [6.07, 6.45) is 6.94. The molecule has 2 N–H and O–H groups in total. The van der Waals surface area contributed by atoms with Crippen LogP contribution >= 0.6 is 0 Å². The molecule has 0 spiro atoms. The maximum Gasteiger partial charge on any atom is 0.306 e. The largest absolute Gasteiger partial charge is 0.466 e. The first-order chi connectivity index (χ1) is 19.4. The first-order valence-corrected chi connectivity index (χ1v) is 14.3. The summed E-state index contributed by atoms with van der Waals surface area (Å²) in [6, 6.07) is 19.4. The van der Waals surface area contributed by atoms with Crippen molar-refractivity contribution in [3.63, 3.8) is 0 Å². The Kier molecular flexibility index (Phi) is 21.2. The third kappa shape index (κ3) is 22.1. The van der Waals surface area contributed by atoms with Crippen molar-refractivity contribution >= 4 is 11.9 Å². The highest BCUT2D eigenvalue weighted by Crippen LogP contribution is 2.07. The van der Waals surface area contributed by atoms with E-state index in [1.807, 2.05) is 67.6 Å². The number of carbonyl (C=O) groups is 2. The Morgan fingerprint density at radius 1 is 0.950 bits per heavy atom. The van der Waals surface area contributed by atoms with Gasteiger partial charge in [-0.15, -0.1) is 0 Å². The van der Waals surface area contributed by atoms with Gasteiger partial charge in [-0.2, -0.15) is 0 Å². The number of rotatable bonds is 11. The van der Waals surface area contributed by atoms with E-state index < -0.39 is 0 Å². The second-order valence-corrected chi connectivity index (χ2v) is 9.65. The molecule has 2 saturated heterocycles. The zero-order chi connectivity index (χ0) is 29.3. The van der Waals surface area contributed by atoms with Crippen molar-refractivity contribution in [2.24, 2.45) is 0 Å². The van der Waals surface area contributed by atoms with Crippen LogP contribution in [-0.2, 0) is 41.8 Å². The van der Waals surface area contributed by atoms with Gasteiger partial charge in [0.25, 0.3) is 0 Å². The molecule has 0 aromatic heterocycles. The Balaban J connectivity index is 0.000000322. The first-order valence-electron chi connectivity index (χ1n) is 14.3. The van der Waals surface area contributed by atoms with Crippen LogP contribution in [0, 0.1) is 0 Å². The van der Waals surface area contributed by atoms with Crippen molar-refractivity contribution in [3.8, 4) is 0 Å². The molecule has 2 aliphatic heterocycles. The highest BCUT2D eigenvalue weighted by molar-refractivity contribution is 5.69. The van der Waals surface area contributed by atoms with Crippen LogP contribution in [0.2, 0.25) is 0 Å². The topological polar surface area (TPSA) is 115 Å². The molecule has 224 valence electrons. The molecule has 0 saturated carbocycles. The van der Waals surface area contributed by atoms with Gasteiger partial charge >= 0.3 is 11.9 Å². The highest BCUT2D eigenvalue weighted by Gasteiger charge is 2.13. The summed E-state index contributed by atoms with van der Waals surface area (Å²) in [6.45, 7) is 6.76. The second kappa shape index (κ2) is 24.1. The van der Waals surface area contributed by atoms with E-state index in [4.69, 9.17) is 29.2 Å². The summed E-state index contributed by atoms with van der Waals surface area (Å²) in [4.78, 5) is 22.0. The quantitative estimate of drug-likeness (QED) is 0.214. The fraction of sp³-hybridized carbons (Fsp3) is 0.562. The Hall–Kier alpha value is -2.78. The average Bonchev–Trinajstić information content (AvgIpc) is 3.80. The molecule has 2 heterocycles. The SMILES string of the molecule is CC(COCc1ccccc1)OC(=O)CCCCCO.CC1CO1.O=C1CCCCCO1.OCc1ccccc1. The molecule has 0 amide bonds. The maximum atomic E-state index is 11.5. The second-order valence-electron chi connectivity index (χ2n) is 9.65. The van der Waals surface area contributed by atoms with Crippen LogP contribution in [0.25, 0.3) is 0 Å². The number of hydrogen-bond acceptors (Lipinski definition) is 8. The Bertz CT molecular complexity index is 861. The molecule has 8 heteroatoms. The summed E-state index contributed by atoms with van der Waals surface area (Å²) >= 11 is 0. The van der Waals surface area contributed by atoms with Crippen LogP contribution < -0.4 is 0 Å². The minimum atomic E-state index is -0.232. The standard InChI is InChI=1S/C16H24O4.C7H8O.C6H10O2.C3H6O/c1-14(20-16(18)10-6-3-7-11-17)12-19-13-15-8-4-2-5-9-15;8-6-7-4-2-1-3-5-7;7-6-4-2-1-3-5-8-6;1-3-2-4-3/h2,4-5,8-9,14,17H,3,6-7,10-13H2,1H3;1-5,8H,6H2;1-5H2;3H,2H2,1H3. The fourth-order valence-electron chi connectivity index (χ4n) is 3.28. The third-order valence-electron chi connectivity index (χ3n) is 5.65. The molecular weight excluding hydrogens is 512 g/mol. The van der Waals surface area contributed by atoms with Crippen molar-refractivity contribution in [1.29, 1.82) is 0 Å². The number of esters is 2. The predicted molar refractivity (Wildman–Crippen MR) is 154 cm³/mol. The normalized spacial score (nSPS) is 16.2. The fourth-order valence-corrected chi connectivity index (χ4v) is 3.28. The minimum Gasteiger partial charge on any atom is -0.466 e. The van der Waals surface area contributed by atoms with E-state index >= 15 is 0 Å². The first kappa shape index (κ1) is 35.2. The van der Waals surface area contributed by atoms with Gasteiger partial charge < -0.3 is 29.2 Å². The van der Waals surface area contributed by atoms with Crippen LogP contribution in [0.15, 0.2) is 60.7 Å². The van der Waals surface area contributed by atoms with Crippen LogP contribution in [-0.4, -0.2) is 60.8 Å². The van der Waals surface area contributed by atoms with Crippen molar-refractivity contribution in [2.45, 2.75) is 90.6 Å². The van der Waals surface area contributed by atoms with Crippen molar-refractivity contribution in [1.82, 2.24) is 0 Å². The number of benzene rings is 2. The van der Waals surface area contributed by atoms with Crippen LogP contribution in [0.1, 0.15) is 76.3 Å². The Morgan fingerprint density at radius 2 is 1.57 bits per heavy atom. The van der Waals surface area contributed by atoms with E-state index in [-0.39, 0.29) is 31.3 Å². The lowest BCUT2D eigenvalue weighted by atomic mass is 10.2. The van der Waals surface area contributed by atoms with Gasteiger partial charge in [0.15, 0.2) is 0 Å². The zero-order valence-electron chi connectivity index (χ0n) is 24.2. The molecule has 2 atom stereocenters. The highest BCUT2D eigenvalue weighted by atomic mass is 16.6. The number of epoxide rings is 1. The number of aliphatic hydroxyl groups excluding tert-OH is 2. The molecule has 4 rings (SSSR count). The number of ether oxygens (including phenoxy) is 4. The smallest absolute Gasteiger partial charge is 0.306 e. The molecule has 40 heavy (non-hydrogen) atoms. The molecule has 0 bridgehead atoms. The lowest BCUT2D eigenvalue weighted by Gasteiger charge is -2.13. The molecule has 2 fully saturated rings. The molecule has 2 unspecified atom stereocenters. The van der Waals surface area contributed by atoms with E-state index in [9.17, 15) is 9.59 Å². The van der Waals surface area contributed by atoms with Gasteiger partial charge in [0.05, 0.1) is 39.1 Å². The lowest BCUT2D eigenvalue weighted by Crippen LogP contribution is -2.20. The summed E-state index contributed by atoms with van der Waals surface area (Å²) < 4.78 is 20.2. The van der Waals surface area contributed by atoms with Gasteiger partial charge in [-0.25, -0.2) is 0 Å². The molecule has 0 radical (unpaired) electrons. The Labute approximate surface area is 239 Å². The molecule has 0 aliphatic carbocycles. The number of unbranched alkanes of at least 4 members (excludes halogenated alkanes) is 2. The van der Waals surface area contributed by atoms with Gasteiger partial charge in [0, 0.05) is 19.4 Å². The van der Waals surface area contributed by atoms with E-state index in [1.54, 1.807) is 0 Å². The van der Waals surface area contributed by atoms with E-state index in [1.165, 1.54) is 0 Å². The van der Waals surface area contributed by atoms with E-state index in [2.05, 4.69) is 6.92 Å². The third-order valence-corrected chi connectivity index (χ3v) is 5.65. The van der Waals surface area contributed by atoms with Gasteiger partial charge in [-0.05, 0) is 57.1 Å². The summed E-state index contributed by atoms with van der Waals surface area (Å²) in [7, 11) is 0. The van der Waals surface area contributed by atoms with Gasteiger partial charge in [-0.1, -0.05) is 67.1 Å². The molecule has 2 aliphatic rings. The number of cyclic esters (lactones) is 1.